The van der Waals surface area contributed by atoms with Gasteiger partial charge in [0.1, 0.15) is 6.61 Å². The molecule has 0 radical (unpaired) electrons. The van der Waals surface area contributed by atoms with Crippen molar-refractivity contribution >= 4 is 11.9 Å². The maximum atomic E-state index is 11.6. The van der Waals surface area contributed by atoms with Gasteiger partial charge in [-0.25, -0.2) is 0 Å². The maximum absolute atomic E-state index is 11.6. The highest BCUT2D eigenvalue weighted by molar-refractivity contribution is 5.80. The Kier molecular flexibility index (Phi) is 8.78. The Morgan fingerprint density at radius 2 is 1.84 bits per heavy atom. The van der Waals surface area contributed by atoms with Gasteiger partial charge in [0.05, 0.1) is 7.11 Å². The first-order valence-corrected chi connectivity index (χ1v) is 11.1. The third kappa shape index (κ3) is 6.64. The lowest BCUT2D eigenvalue weighted by Gasteiger charge is -2.34. The summed E-state index contributed by atoms with van der Waals surface area (Å²) in [6.45, 7) is 2.94. The van der Waals surface area contributed by atoms with Crippen molar-refractivity contribution in [3.63, 3.8) is 0 Å². The number of hydrogen-bond acceptors (Lipinski definition) is 4. The molecular formula is C25H34N4O3. The standard InChI is InChI=1S/C25H34N4O3/c1-26-24(30)16-19-11-13-29(14-12-19)25(27-2)28-17-21-9-10-22(23(15-21)31-3)32-18-20-7-5-4-6-8-20/h4-10,15,19H,11-14,16-18H2,1-3H3,(H,26,30)(H,27,28). The van der Waals surface area contributed by atoms with Crippen LogP contribution in [0, 0.1) is 5.92 Å². The molecule has 0 bridgehead atoms. The summed E-state index contributed by atoms with van der Waals surface area (Å²) in [6, 6.07) is 16.1. The largest absolute Gasteiger partial charge is 0.493 e. The van der Waals surface area contributed by atoms with Gasteiger partial charge in [-0.3, -0.25) is 9.79 Å². The molecule has 0 atom stereocenters. The molecular weight excluding hydrogens is 404 g/mol. The average Bonchev–Trinajstić information content (AvgIpc) is 2.84. The van der Waals surface area contributed by atoms with E-state index in [1.165, 1.54) is 0 Å². The zero-order chi connectivity index (χ0) is 22.8. The fourth-order valence-corrected chi connectivity index (χ4v) is 3.90. The van der Waals surface area contributed by atoms with Gasteiger partial charge < -0.3 is 25.0 Å². The molecule has 2 N–H and O–H groups in total. The van der Waals surface area contributed by atoms with Crippen molar-refractivity contribution in [1.82, 2.24) is 15.5 Å². The van der Waals surface area contributed by atoms with E-state index in [4.69, 9.17) is 9.47 Å². The number of hydrogen-bond donors (Lipinski definition) is 2. The zero-order valence-corrected chi connectivity index (χ0v) is 19.3. The van der Waals surface area contributed by atoms with Gasteiger partial charge in [0.2, 0.25) is 5.91 Å². The first-order chi connectivity index (χ1) is 15.6. The lowest BCUT2D eigenvalue weighted by Crippen LogP contribution is -2.45. The topological polar surface area (TPSA) is 75.2 Å². The molecule has 1 aliphatic heterocycles. The van der Waals surface area contributed by atoms with Crippen molar-refractivity contribution in [2.45, 2.75) is 32.4 Å². The molecule has 1 amide bonds. The molecule has 7 nitrogen and oxygen atoms in total. The third-order valence-corrected chi connectivity index (χ3v) is 5.79. The normalized spacial score (nSPS) is 14.7. The lowest BCUT2D eigenvalue weighted by atomic mass is 9.93. The van der Waals surface area contributed by atoms with Crippen LogP contribution in [0.3, 0.4) is 0 Å². The van der Waals surface area contributed by atoms with Gasteiger partial charge in [-0.2, -0.15) is 0 Å². The number of aliphatic imine (C=N–C) groups is 1. The fourth-order valence-electron chi connectivity index (χ4n) is 3.90. The van der Waals surface area contributed by atoms with Crippen molar-refractivity contribution in [1.29, 1.82) is 0 Å². The van der Waals surface area contributed by atoms with Crippen molar-refractivity contribution in [3.8, 4) is 11.5 Å². The van der Waals surface area contributed by atoms with Gasteiger partial charge in [0.15, 0.2) is 17.5 Å². The van der Waals surface area contributed by atoms with Gasteiger partial charge in [-0.15, -0.1) is 0 Å². The van der Waals surface area contributed by atoms with Crippen LogP contribution in [0.15, 0.2) is 53.5 Å². The fraction of sp³-hybridized carbons (Fsp3) is 0.440. The summed E-state index contributed by atoms with van der Waals surface area (Å²) < 4.78 is 11.5. The second-order valence-corrected chi connectivity index (χ2v) is 7.97. The summed E-state index contributed by atoms with van der Waals surface area (Å²) in [5.41, 5.74) is 2.20. The molecule has 32 heavy (non-hydrogen) atoms. The molecule has 172 valence electrons. The molecule has 0 unspecified atom stereocenters. The first kappa shape index (κ1) is 23.4. The van der Waals surface area contributed by atoms with E-state index in [-0.39, 0.29) is 5.91 Å². The van der Waals surface area contributed by atoms with Crippen LogP contribution >= 0.6 is 0 Å². The van der Waals surface area contributed by atoms with E-state index in [0.717, 1.165) is 48.8 Å². The number of carbonyl (C=O) groups excluding carboxylic acids is 1. The predicted molar refractivity (Wildman–Crippen MR) is 127 cm³/mol. The monoisotopic (exact) mass is 438 g/mol. The lowest BCUT2D eigenvalue weighted by molar-refractivity contribution is -0.121. The number of piperidine rings is 1. The summed E-state index contributed by atoms with van der Waals surface area (Å²) in [4.78, 5) is 18.3. The molecule has 0 aromatic heterocycles. The third-order valence-electron chi connectivity index (χ3n) is 5.79. The van der Waals surface area contributed by atoms with Crippen molar-refractivity contribution in [2.24, 2.45) is 10.9 Å². The Labute approximate surface area is 190 Å². The average molecular weight is 439 g/mol. The number of guanidine groups is 1. The minimum absolute atomic E-state index is 0.121. The number of ether oxygens (including phenoxy) is 2. The van der Waals surface area contributed by atoms with Crippen LogP contribution in [-0.2, 0) is 17.9 Å². The van der Waals surface area contributed by atoms with Gasteiger partial charge in [-0.1, -0.05) is 36.4 Å². The van der Waals surface area contributed by atoms with Crippen LogP contribution in [-0.4, -0.2) is 51.1 Å². The number of methoxy groups -OCH3 is 1. The molecule has 1 fully saturated rings. The molecule has 0 saturated carbocycles. The minimum atomic E-state index is 0.121. The molecule has 1 saturated heterocycles. The Balaban J connectivity index is 1.52. The molecule has 1 heterocycles. The van der Waals surface area contributed by atoms with Gasteiger partial charge in [0.25, 0.3) is 0 Å². The minimum Gasteiger partial charge on any atom is -0.493 e. The van der Waals surface area contributed by atoms with Crippen LogP contribution in [0.5, 0.6) is 11.5 Å². The molecule has 0 aliphatic carbocycles. The second kappa shape index (κ2) is 12.0. The summed E-state index contributed by atoms with van der Waals surface area (Å²) in [7, 11) is 5.16. The number of nitrogens with zero attached hydrogens (tertiary/aromatic N) is 2. The summed E-state index contributed by atoms with van der Waals surface area (Å²) in [5, 5.41) is 6.17. The SMILES string of the molecule is CN=C(NCc1ccc(OCc2ccccc2)c(OC)c1)N1CCC(CC(=O)NC)CC1. The van der Waals surface area contributed by atoms with Gasteiger partial charge >= 0.3 is 0 Å². The molecule has 1 aliphatic rings. The number of amides is 1. The molecule has 7 heteroatoms. The molecule has 0 spiro atoms. The summed E-state index contributed by atoms with van der Waals surface area (Å²) in [5.74, 6) is 2.88. The smallest absolute Gasteiger partial charge is 0.220 e. The summed E-state index contributed by atoms with van der Waals surface area (Å²) >= 11 is 0. The Hall–Kier alpha value is -3.22. The highest BCUT2D eigenvalue weighted by atomic mass is 16.5. The maximum Gasteiger partial charge on any atom is 0.220 e. The number of rotatable bonds is 8. The predicted octanol–water partition coefficient (Wildman–Crippen LogP) is 3.20. The quantitative estimate of drug-likeness (QED) is 0.489. The van der Waals surface area contributed by atoms with Crippen LogP contribution in [0.1, 0.15) is 30.4 Å². The molecule has 2 aromatic rings. The Bertz CT molecular complexity index is 893. The van der Waals surface area contributed by atoms with E-state index < -0.39 is 0 Å². The highest BCUT2D eigenvalue weighted by Crippen LogP contribution is 2.29. The number of benzene rings is 2. The number of likely N-dealkylation sites (tertiary alicyclic amines) is 1. The Morgan fingerprint density at radius 1 is 1.09 bits per heavy atom. The van der Waals surface area contributed by atoms with Crippen molar-refractivity contribution < 1.29 is 14.3 Å². The number of nitrogens with one attached hydrogen (secondary N) is 2. The Morgan fingerprint density at radius 3 is 2.50 bits per heavy atom. The van der Waals surface area contributed by atoms with Crippen LogP contribution < -0.4 is 20.1 Å². The summed E-state index contributed by atoms with van der Waals surface area (Å²) in [6.07, 6.45) is 2.60. The van der Waals surface area contributed by atoms with E-state index >= 15 is 0 Å². The zero-order valence-electron chi connectivity index (χ0n) is 19.3. The second-order valence-electron chi connectivity index (χ2n) is 7.97. The van der Waals surface area contributed by atoms with E-state index in [0.29, 0.717) is 31.2 Å². The van der Waals surface area contributed by atoms with Crippen molar-refractivity contribution in [2.75, 3.05) is 34.3 Å². The number of carbonyl (C=O) groups is 1. The van der Waals surface area contributed by atoms with E-state index in [2.05, 4.69) is 20.5 Å². The van der Waals surface area contributed by atoms with E-state index in [9.17, 15) is 4.79 Å². The first-order valence-electron chi connectivity index (χ1n) is 11.1. The van der Waals surface area contributed by atoms with Crippen molar-refractivity contribution in [3.05, 3.63) is 59.7 Å². The van der Waals surface area contributed by atoms with Crippen LogP contribution in [0.25, 0.3) is 0 Å². The van der Waals surface area contributed by atoms with Gasteiger partial charge in [-0.05, 0) is 42.0 Å². The molecule has 3 rings (SSSR count). The van der Waals surface area contributed by atoms with Gasteiger partial charge in [0, 0.05) is 40.2 Å². The van der Waals surface area contributed by atoms with E-state index in [1.54, 1.807) is 21.2 Å². The molecule has 2 aromatic carbocycles. The van der Waals surface area contributed by atoms with E-state index in [1.807, 2.05) is 48.5 Å². The highest BCUT2D eigenvalue weighted by Gasteiger charge is 2.23. The van der Waals surface area contributed by atoms with Crippen LogP contribution in [0.4, 0.5) is 0 Å². The van der Waals surface area contributed by atoms with Crippen LogP contribution in [0.2, 0.25) is 0 Å².